The van der Waals surface area contributed by atoms with Crippen LogP contribution in [0.15, 0.2) is 73.2 Å². The highest BCUT2D eigenvalue weighted by atomic mass is 16.6. The Kier molecular flexibility index (Phi) is 10.6. The number of ether oxygens (including phenoxy) is 5. The maximum absolute atomic E-state index is 13.1. The highest BCUT2D eigenvalue weighted by Crippen LogP contribution is 2.34. The van der Waals surface area contributed by atoms with Gasteiger partial charge in [0, 0.05) is 91.6 Å². The molecule has 1 N–H and O–H groups in total. The van der Waals surface area contributed by atoms with Crippen LogP contribution in [-0.4, -0.2) is 120 Å². The van der Waals surface area contributed by atoms with Crippen molar-refractivity contribution in [3.05, 3.63) is 84.3 Å². The summed E-state index contributed by atoms with van der Waals surface area (Å²) in [5, 5.41) is 4.55. The van der Waals surface area contributed by atoms with Gasteiger partial charge in [-0.25, -0.2) is 4.98 Å². The Bertz CT molecular complexity index is 2370. The van der Waals surface area contributed by atoms with Crippen molar-refractivity contribution in [3.8, 4) is 17.0 Å². The maximum atomic E-state index is 13.1. The van der Waals surface area contributed by atoms with Gasteiger partial charge in [-0.15, -0.1) is 0 Å². The van der Waals surface area contributed by atoms with Crippen molar-refractivity contribution in [1.82, 2.24) is 24.8 Å². The SMILES string of the molecule is Cn1c2ccncc2c2ccc(-c3ccc(O[C@H]4C[C@H](OCCOCCOCCOC5CN(c6ccc7c(c6)C(=O)N(C6CCC(=O)NC6=O)C7=O)C5)C4)nc3)cc21. The molecule has 4 aliphatic rings. The van der Waals surface area contributed by atoms with Gasteiger partial charge >= 0.3 is 0 Å². The first kappa shape index (κ1) is 37.8. The Morgan fingerprint density at radius 2 is 1.47 bits per heavy atom. The lowest BCUT2D eigenvalue weighted by molar-refractivity contribution is -0.136. The second-order valence-electron chi connectivity index (χ2n) is 15.1. The molecule has 5 aromatic rings. The normalized spacial score (nSPS) is 20.7. The first-order chi connectivity index (χ1) is 28.3. The molecule has 6 heterocycles. The molecule has 0 bridgehead atoms. The molecular formula is C43H44N6O9. The minimum Gasteiger partial charge on any atom is -0.474 e. The van der Waals surface area contributed by atoms with Crippen LogP contribution in [0.2, 0.25) is 0 Å². The Morgan fingerprint density at radius 1 is 0.724 bits per heavy atom. The van der Waals surface area contributed by atoms with Crippen molar-refractivity contribution in [2.75, 3.05) is 57.6 Å². The van der Waals surface area contributed by atoms with E-state index in [2.05, 4.69) is 50.0 Å². The number of piperidine rings is 1. The molecule has 1 unspecified atom stereocenters. The monoisotopic (exact) mass is 788 g/mol. The molecule has 15 heteroatoms. The number of carbonyl (C=O) groups is 4. The minimum atomic E-state index is -0.982. The fourth-order valence-corrected chi connectivity index (χ4v) is 8.05. The Balaban J connectivity index is 0.605. The van der Waals surface area contributed by atoms with Gasteiger partial charge < -0.3 is 33.2 Å². The van der Waals surface area contributed by atoms with Crippen molar-refractivity contribution in [3.63, 3.8) is 0 Å². The zero-order chi connectivity index (χ0) is 39.8. The second kappa shape index (κ2) is 16.3. The van der Waals surface area contributed by atoms with Crippen LogP contribution in [0.1, 0.15) is 46.4 Å². The second-order valence-corrected chi connectivity index (χ2v) is 15.1. The summed E-state index contributed by atoms with van der Waals surface area (Å²) in [4.78, 5) is 61.8. The molecule has 300 valence electrons. The number of pyridine rings is 2. The van der Waals surface area contributed by atoms with Crippen LogP contribution in [0.5, 0.6) is 5.88 Å². The molecule has 4 amide bonds. The molecule has 3 aromatic heterocycles. The van der Waals surface area contributed by atoms with Gasteiger partial charge in [0.2, 0.25) is 17.7 Å². The fourth-order valence-electron chi connectivity index (χ4n) is 8.05. The molecule has 2 aromatic carbocycles. The Morgan fingerprint density at radius 3 is 2.22 bits per heavy atom. The molecule has 58 heavy (non-hydrogen) atoms. The van der Waals surface area contributed by atoms with E-state index < -0.39 is 29.7 Å². The summed E-state index contributed by atoms with van der Waals surface area (Å²) >= 11 is 0. The van der Waals surface area contributed by atoms with Gasteiger partial charge in [0.05, 0.1) is 68.5 Å². The number of aromatic nitrogens is 3. The van der Waals surface area contributed by atoms with E-state index in [4.69, 9.17) is 23.7 Å². The van der Waals surface area contributed by atoms with E-state index in [0.29, 0.717) is 58.6 Å². The van der Waals surface area contributed by atoms with Crippen LogP contribution in [0.4, 0.5) is 5.69 Å². The van der Waals surface area contributed by atoms with E-state index in [-0.39, 0.29) is 42.3 Å². The number of amides is 4. The molecule has 2 saturated heterocycles. The quantitative estimate of drug-likeness (QED) is 0.113. The first-order valence-corrected chi connectivity index (χ1v) is 19.7. The van der Waals surface area contributed by atoms with Crippen LogP contribution >= 0.6 is 0 Å². The predicted molar refractivity (Wildman–Crippen MR) is 212 cm³/mol. The number of hydrogen-bond acceptors (Lipinski definition) is 12. The van der Waals surface area contributed by atoms with E-state index >= 15 is 0 Å². The first-order valence-electron chi connectivity index (χ1n) is 19.7. The van der Waals surface area contributed by atoms with Crippen molar-refractivity contribution in [2.45, 2.75) is 50.0 Å². The van der Waals surface area contributed by atoms with E-state index in [1.165, 1.54) is 5.39 Å². The van der Waals surface area contributed by atoms with Gasteiger partial charge in [0.1, 0.15) is 12.1 Å². The van der Waals surface area contributed by atoms with Gasteiger partial charge in [0.15, 0.2) is 0 Å². The predicted octanol–water partition coefficient (Wildman–Crippen LogP) is 4.05. The number of carbonyl (C=O) groups excluding carboxylic acids is 4. The molecule has 15 nitrogen and oxygen atoms in total. The molecule has 9 rings (SSSR count). The zero-order valence-electron chi connectivity index (χ0n) is 32.1. The maximum Gasteiger partial charge on any atom is 0.262 e. The summed E-state index contributed by atoms with van der Waals surface area (Å²) in [6, 6.07) is 16.6. The largest absolute Gasteiger partial charge is 0.474 e. The number of anilines is 1. The van der Waals surface area contributed by atoms with Crippen LogP contribution in [0, 0.1) is 0 Å². The summed E-state index contributed by atoms with van der Waals surface area (Å²) < 4.78 is 31.5. The molecule has 1 saturated carbocycles. The fraction of sp³-hybridized carbons (Fsp3) is 0.395. The summed E-state index contributed by atoms with van der Waals surface area (Å²) in [5.74, 6) is -1.44. The molecular weight excluding hydrogens is 745 g/mol. The standard InChI is InChI=1S/C43H44N6O9/c1-47-36-10-11-44-23-35(36)32-5-2-26(18-38(32)47)27-3-9-40(45-22-27)58-30-20-29(21-30)56-16-14-54-12-13-55-15-17-57-31-24-48(25-31)28-4-6-33-34(19-28)43(53)49(42(33)52)37-7-8-39(50)46-41(37)51/h2-6,9-11,18-19,22-23,29-31,37H,7-8,12-17,20-21,24-25H2,1H3,(H,46,50,51)/t29-,30-,37?. The molecule has 1 aliphatic carbocycles. The van der Waals surface area contributed by atoms with Gasteiger partial charge in [-0.3, -0.25) is 34.4 Å². The van der Waals surface area contributed by atoms with Gasteiger partial charge in [-0.05, 0) is 48.4 Å². The number of rotatable bonds is 16. The third-order valence-electron chi connectivity index (χ3n) is 11.4. The minimum absolute atomic E-state index is 0.0250. The summed E-state index contributed by atoms with van der Waals surface area (Å²) in [5.41, 5.74) is 5.78. The average Bonchev–Trinajstić information content (AvgIpc) is 3.63. The summed E-state index contributed by atoms with van der Waals surface area (Å²) in [6.45, 7) is 4.10. The molecule has 3 aliphatic heterocycles. The number of benzene rings is 2. The van der Waals surface area contributed by atoms with E-state index in [1.807, 2.05) is 36.8 Å². The van der Waals surface area contributed by atoms with Gasteiger partial charge in [0.25, 0.3) is 11.8 Å². The van der Waals surface area contributed by atoms with Crippen molar-refractivity contribution >= 4 is 51.1 Å². The van der Waals surface area contributed by atoms with E-state index in [0.717, 1.165) is 51.0 Å². The number of imide groups is 2. The lowest BCUT2D eigenvalue weighted by Gasteiger charge is -2.40. The summed E-state index contributed by atoms with van der Waals surface area (Å²) in [7, 11) is 2.08. The highest BCUT2D eigenvalue weighted by Gasteiger charge is 2.45. The third-order valence-corrected chi connectivity index (χ3v) is 11.4. The molecule has 3 fully saturated rings. The number of fused-ring (bicyclic) bond motifs is 4. The van der Waals surface area contributed by atoms with Gasteiger partial charge in [-0.2, -0.15) is 0 Å². The Hall–Kier alpha value is -5.74. The number of nitrogens with one attached hydrogen (secondary N) is 1. The number of nitrogens with zero attached hydrogens (tertiary/aromatic N) is 5. The van der Waals surface area contributed by atoms with Crippen molar-refractivity contribution in [1.29, 1.82) is 0 Å². The molecule has 1 atom stereocenters. The lowest BCUT2D eigenvalue weighted by atomic mass is 9.92. The number of hydrogen-bond donors (Lipinski definition) is 1. The molecule has 0 spiro atoms. The zero-order valence-corrected chi connectivity index (χ0v) is 32.1. The van der Waals surface area contributed by atoms with Crippen LogP contribution < -0.4 is 15.0 Å². The smallest absolute Gasteiger partial charge is 0.262 e. The van der Waals surface area contributed by atoms with Gasteiger partial charge in [-0.1, -0.05) is 12.1 Å². The number of aryl methyl sites for hydroxylation is 1. The lowest BCUT2D eigenvalue weighted by Crippen LogP contribution is -2.54. The molecule has 0 radical (unpaired) electrons. The average molecular weight is 789 g/mol. The van der Waals surface area contributed by atoms with Crippen molar-refractivity contribution in [2.24, 2.45) is 7.05 Å². The third kappa shape index (κ3) is 7.53. The topological polar surface area (TPSA) is 164 Å². The van der Waals surface area contributed by atoms with Crippen LogP contribution in [0.3, 0.4) is 0 Å². The van der Waals surface area contributed by atoms with E-state index in [1.54, 1.807) is 18.2 Å². The van der Waals surface area contributed by atoms with E-state index in [9.17, 15) is 19.2 Å². The van der Waals surface area contributed by atoms with Crippen LogP contribution in [0.25, 0.3) is 32.9 Å². The van der Waals surface area contributed by atoms with Crippen LogP contribution in [-0.2, 0) is 35.6 Å². The highest BCUT2D eigenvalue weighted by molar-refractivity contribution is 6.23. The Labute approximate surface area is 334 Å². The van der Waals surface area contributed by atoms with Crippen molar-refractivity contribution < 1.29 is 42.9 Å². The summed E-state index contributed by atoms with van der Waals surface area (Å²) in [6.07, 6.45) is 7.70.